The third-order valence-electron chi connectivity index (χ3n) is 12.6. The zero-order valence-corrected chi connectivity index (χ0v) is 41.7. The van der Waals surface area contributed by atoms with Gasteiger partial charge in [0.1, 0.15) is 38.1 Å². The average molecular weight is 1010 g/mol. The van der Waals surface area contributed by atoms with Crippen LogP contribution in [0.5, 0.6) is 0 Å². The molecule has 2 N–H and O–H groups in total. The van der Waals surface area contributed by atoms with E-state index in [4.69, 9.17) is 92.3 Å². The van der Waals surface area contributed by atoms with E-state index in [0.29, 0.717) is 0 Å². The first-order valence-electron chi connectivity index (χ1n) is 22.0. The Balaban J connectivity index is 1.91. The van der Waals surface area contributed by atoms with Crippen molar-refractivity contribution in [2.75, 3.05) is 26.9 Å². The van der Waals surface area contributed by atoms with Crippen LogP contribution in [0.3, 0.4) is 0 Å². The second-order valence-electron chi connectivity index (χ2n) is 17.5. The number of alkyl halides is 3. The molecule has 0 bridgehead atoms. The molecule has 1 aromatic carbocycles. The number of ether oxygens (including phenoxy) is 11. The van der Waals surface area contributed by atoms with Gasteiger partial charge in [-0.3, -0.25) is 24.6 Å². The SMILES string of the molecule is COC(=O)[C@@]1(O[C@@H]2C(C)C(OC(=N)C(Cl)(Cl)Cl)OC(COC(=O)c3ccccc3)[C@@H]2O[C@@H]2OC(COC(C)=O)[C@H](C)[C@H](C)C2NC(C)=O)CC(C)[C@H](C)[C@H]([C@H](C)[C@@H](COC(C)=O)OC(C)=O)O1. The third-order valence-corrected chi connectivity index (χ3v) is 13.1. The number of nitrogens with one attached hydrogen (secondary N) is 2. The summed E-state index contributed by atoms with van der Waals surface area (Å²) in [6.07, 6.45) is -9.94. The lowest BCUT2D eigenvalue weighted by Gasteiger charge is -2.53. The van der Waals surface area contributed by atoms with Crippen molar-refractivity contribution in [2.24, 2.45) is 35.5 Å². The summed E-state index contributed by atoms with van der Waals surface area (Å²) in [6, 6.07) is 7.24. The second kappa shape index (κ2) is 24.1. The van der Waals surface area contributed by atoms with Gasteiger partial charge in [0.15, 0.2) is 6.29 Å². The first kappa shape index (κ1) is 55.8. The van der Waals surface area contributed by atoms with E-state index in [2.05, 4.69) is 5.32 Å². The molecule has 0 radical (unpaired) electrons. The van der Waals surface area contributed by atoms with Crippen LogP contribution in [-0.4, -0.2) is 133 Å². The Morgan fingerprint density at radius 2 is 1.42 bits per heavy atom. The molecule has 3 fully saturated rings. The number of halogens is 3. The van der Waals surface area contributed by atoms with E-state index >= 15 is 0 Å². The number of methoxy groups -OCH3 is 1. The zero-order chi connectivity index (χ0) is 50.1. The molecular formula is C45H63Cl3N2O17. The number of hydrogen-bond acceptors (Lipinski definition) is 18. The van der Waals surface area contributed by atoms with E-state index in [-0.39, 0.29) is 48.9 Å². The van der Waals surface area contributed by atoms with Crippen LogP contribution < -0.4 is 5.32 Å². The molecule has 376 valence electrons. The zero-order valence-electron chi connectivity index (χ0n) is 39.4. The first-order chi connectivity index (χ1) is 31.3. The summed E-state index contributed by atoms with van der Waals surface area (Å²) in [5.41, 5.74) is 0.199. The van der Waals surface area contributed by atoms with E-state index in [1.165, 1.54) is 27.7 Å². The van der Waals surface area contributed by atoms with Crippen molar-refractivity contribution in [3.8, 4) is 0 Å². The predicted octanol–water partition coefficient (Wildman–Crippen LogP) is 5.47. The molecule has 0 aliphatic carbocycles. The fourth-order valence-electron chi connectivity index (χ4n) is 8.48. The molecule has 0 saturated carbocycles. The molecule has 16 atom stereocenters. The van der Waals surface area contributed by atoms with Crippen molar-refractivity contribution in [2.45, 2.75) is 140 Å². The number of amides is 1. The molecule has 67 heavy (non-hydrogen) atoms. The molecule has 4 rings (SSSR count). The largest absolute Gasteiger partial charge is 0.465 e. The highest BCUT2D eigenvalue weighted by atomic mass is 35.6. The van der Waals surface area contributed by atoms with Crippen LogP contribution in [0.25, 0.3) is 0 Å². The maximum absolute atomic E-state index is 14.4. The highest BCUT2D eigenvalue weighted by Gasteiger charge is 2.59. The molecule has 22 heteroatoms. The monoisotopic (exact) mass is 1010 g/mol. The first-order valence-corrected chi connectivity index (χ1v) is 23.1. The summed E-state index contributed by atoms with van der Waals surface area (Å²) in [5.74, 6) is -10.3. The van der Waals surface area contributed by atoms with Gasteiger partial charge in [0.25, 0.3) is 9.58 Å². The van der Waals surface area contributed by atoms with Crippen LogP contribution in [0.2, 0.25) is 0 Å². The number of esters is 5. The average Bonchev–Trinajstić information content (AvgIpc) is 3.25. The number of benzene rings is 1. The molecule has 3 heterocycles. The predicted molar refractivity (Wildman–Crippen MR) is 239 cm³/mol. The molecule has 0 aromatic heterocycles. The summed E-state index contributed by atoms with van der Waals surface area (Å²) in [7, 11) is 1.14. The van der Waals surface area contributed by atoms with Gasteiger partial charge < -0.3 is 57.4 Å². The van der Waals surface area contributed by atoms with Crippen molar-refractivity contribution < 1.29 is 80.9 Å². The van der Waals surface area contributed by atoms with Gasteiger partial charge in [0.05, 0.1) is 37.0 Å². The number of rotatable bonds is 17. The van der Waals surface area contributed by atoms with Gasteiger partial charge in [-0.25, -0.2) is 9.59 Å². The van der Waals surface area contributed by atoms with E-state index < -0.39 is 125 Å². The van der Waals surface area contributed by atoms with Gasteiger partial charge >= 0.3 is 29.8 Å². The maximum atomic E-state index is 14.4. The highest BCUT2D eigenvalue weighted by Crippen LogP contribution is 2.46. The van der Waals surface area contributed by atoms with Gasteiger partial charge in [-0.05, 0) is 35.8 Å². The normalized spacial score (nSPS) is 32.9. The third kappa shape index (κ3) is 14.6. The molecule has 3 saturated heterocycles. The van der Waals surface area contributed by atoms with Gasteiger partial charge in [-0.15, -0.1) is 0 Å². The van der Waals surface area contributed by atoms with Crippen molar-refractivity contribution in [3.63, 3.8) is 0 Å². The minimum absolute atomic E-state index is 0.111. The molecule has 1 aromatic rings. The van der Waals surface area contributed by atoms with E-state index in [0.717, 1.165) is 7.11 Å². The lowest BCUT2D eigenvalue weighted by molar-refractivity contribution is -0.374. The molecule has 19 nitrogen and oxygen atoms in total. The smallest absolute Gasteiger partial charge is 0.366 e. The van der Waals surface area contributed by atoms with Crippen LogP contribution in [-0.2, 0) is 76.1 Å². The van der Waals surface area contributed by atoms with Crippen LogP contribution in [0.4, 0.5) is 0 Å². The van der Waals surface area contributed by atoms with E-state index in [1.807, 2.05) is 27.7 Å². The van der Waals surface area contributed by atoms with E-state index in [9.17, 15) is 28.8 Å². The fraction of sp³-hybridized carbons (Fsp3) is 0.711. The van der Waals surface area contributed by atoms with Crippen LogP contribution in [0.1, 0.15) is 86.0 Å². The molecule has 1 amide bonds. The summed E-state index contributed by atoms with van der Waals surface area (Å²) >= 11 is 18.2. The Morgan fingerprint density at radius 3 is 1.99 bits per heavy atom. The standard InChI is InChI=1S/C45H63Cl3N2O17/c1-21-17-44(43(56)57-11,66-36(22(21)2)25(5)33(61-30(10)54)19-59-29(9)53)67-37-26(6)40(65-42(49)45(46,47)48)63-34(20-60-39(55)31-15-13-12-14-16-31)38(37)64-41-35(50-27(7)51)24(4)23(3)32(62-41)18-58-28(8)52/h12-16,21-26,32-38,40-41,49H,17-20H2,1-11H3,(H,50,51)/t21?,22-,23+,24-,25+,26?,32?,33+,34?,35?,36+,37+,38-,40?,41-,44-/m0/s1. The number of carbonyl (C=O) groups is 6. The highest BCUT2D eigenvalue weighted by molar-refractivity contribution is 6.76. The lowest BCUT2D eigenvalue weighted by Crippen LogP contribution is -2.66. The van der Waals surface area contributed by atoms with Gasteiger partial charge in [-0.2, -0.15) is 0 Å². The van der Waals surface area contributed by atoms with Gasteiger partial charge in [0, 0.05) is 46.0 Å². The Bertz CT molecular complexity index is 1900. The Morgan fingerprint density at radius 1 is 0.806 bits per heavy atom. The molecular weight excluding hydrogens is 947 g/mol. The Kier molecular flexibility index (Phi) is 20.1. The fourth-order valence-corrected chi connectivity index (χ4v) is 8.61. The Hall–Kier alpha value is -3.82. The number of hydrogen-bond donors (Lipinski definition) is 2. The second-order valence-corrected chi connectivity index (χ2v) is 19.7. The van der Waals surface area contributed by atoms with Crippen molar-refractivity contribution >= 4 is 76.5 Å². The van der Waals surface area contributed by atoms with Gasteiger partial charge in [0.2, 0.25) is 18.1 Å². The molecule has 6 unspecified atom stereocenters. The van der Waals surface area contributed by atoms with Crippen molar-refractivity contribution in [1.82, 2.24) is 5.32 Å². The summed E-state index contributed by atoms with van der Waals surface area (Å²) in [6.45, 7) is 14.7. The minimum atomic E-state index is -2.37. The molecule has 3 aliphatic heterocycles. The maximum Gasteiger partial charge on any atom is 0.366 e. The summed E-state index contributed by atoms with van der Waals surface area (Å²) < 4.78 is 64.6. The summed E-state index contributed by atoms with van der Waals surface area (Å²) in [4.78, 5) is 76.9. The van der Waals surface area contributed by atoms with Crippen LogP contribution in [0, 0.1) is 40.9 Å². The van der Waals surface area contributed by atoms with Gasteiger partial charge in [-0.1, -0.05) is 94.5 Å². The van der Waals surface area contributed by atoms with Crippen LogP contribution in [0.15, 0.2) is 30.3 Å². The number of carbonyl (C=O) groups excluding carboxylic acids is 6. The Labute approximate surface area is 405 Å². The quantitative estimate of drug-likeness (QED) is 0.0647. The summed E-state index contributed by atoms with van der Waals surface area (Å²) in [5, 5.41) is 11.4. The lowest BCUT2D eigenvalue weighted by atomic mass is 9.76. The molecule has 0 spiro atoms. The minimum Gasteiger partial charge on any atom is -0.465 e. The van der Waals surface area contributed by atoms with Crippen molar-refractivity contribution in [3.05, 3.63) is 35.9 Å². The van der Waals surface area contributed by atoms with Crippen LogP contribution >= 0.6 is 34.8 Å². The molecule has 3 aliphatic rings. The van der Waals surface area contributed by atoms with E-state index in [1.54, 1.807) is 44.2 Å². The van der Waals surface area contributed by atoms with Crippen molar-refractivity contribution in [1.29, 1.82) is 5.41 Å². The topological polar surface area (TPSA) is 240 Å².